The average molecular weight is 403 g/mol. The summed E-state index contributed by atoms with van der Waals surface area (Å²) in [6.45, 7) is 4.21. The SMILES string of the molecule is FC(F)(F)c1ccc(-c2ccc([C@H](C3CCCCC3)N3CCNCC3)cc2)cc1. The van der Waals surface area contributed by atoms with Crippen LogP contribution in [0.2, 0.25) is 0 Å². The fourth-order valence-electron chi connectivity index (χ4n) is 4.92. The van der Waals surface area contributed by atoms with Crippen LogP contribution in [0.15, 0.2) is 48.5 Å². The van der Waals surface area contributed by atoms with Gasteiger partial charge in [-0.2, -0.15) is 13.2 Å². The van der Waals surface area contributed by atoms with Crippen molar-refractivity contribution in [3.63, 3.8) is 0 Å². The Bertz CT molecular complexity index is 753. The van der Waals surface area contributed by atoms with Crippen molar-refractivity contribution in [3.8, 4) is 11.1 Å². The molecule has 1 N–H and O–H groups in total. The summed E-state index contributed by atoms with van der Waals surface area (Å²) in [7, 11) is 0. The van der Waals surface area contributed by atoms with Crippen molar-refractivity contribution in [2.45, 2.75) is 44.3 Å². The van der Waals surface area contributed by atoms with Gasteiger partial charge in [0.05, 0.1) is 5.56 Å². The molecule has 0 amide bonds. The molecule has 2 fully saturated rings. The Morgan fingerprint density at radius 1 is 0.793 bits per heavy atom. The number of benzene rings is 2. The van der Waals surface area contributed by atoms with Crippen LogP contribution in [0.3, 0.4) is 0 Å². The molecule has 5 heteroatoms. The minimum absolute atomic E-state index is 0.444. The lowest BCUT2D eigenvalue weighted by atomic mass is 9.80. The lowest BCUT2D eigenvalue weighted by Crippen LogP contribution is -2.47. The second-order valence-corrected chi connectivity index (χ2v) is 8.33. The van der Waals surface area contributed by atoms with E-state index in [0.717, 1.165) is 49.4 Å². The summed E-state index contributed by atoms with van der Waals surface area (Å²) in [5, 5.41) is 3.45. The van der Waals surface area contributed by atoms with E-state index in [1.165, 1.54) is 37.7 Å². The maximum Gasteiger partial charge on any atom is 0.416 e. The molecule has 1 aliphatic carbocycles. The molecular weight excluding hydrogens is 373 g/mol. The topological polar surface area (TPSA) is 15.3 Å². The van der Waals surface area contributed by atoms with Gasteiger partial charge < -0.3 is 5.32 Å². The second-order valence-electron chi connectivity index (χ2n) is 8.33. The summed E-state index contributed by atoms with van der Waals surface area (Å²) in [5.41, 5.74) is 2.52. The third-order valence-electron chi connectivity index (χ3n) is 6.44. The molecule has 2 aromatic rings. The van der Waals surface area contributed by atoms with Gasteiger partial charge in [-0.3, -0.25) is 4.90 Å². The molecule has 0 aromatic heterocycles. The highest BCUT2D eigenvalue weighted by Gasteiger charge is 2.31. The third kappa shape index (κ3) is 4.84. The zero-order valence-electron chi connectivity index (χ0n) is 16.7. The molecule has 2 aromatic carbocycles. The highest BCUT2D eigenvalue weighted by Crippen LogP contribution is 2.39. The maximum atomic E-state index is 12.8. The molecule has 1 heterocycles. The number of alkyl halides is 3. The van der Waals surface area contributed by atoms with Crippen LogP contribution in [-0.2, 0) is 6.18 Å². The van der Waals surface area contributed by atoms with Gasteiger partial charge in [-0.05, 0) is 47.6 Å². The molecule has 29 heavy (non-hydrogen) atoms. The first-order valence-electron chi connectivity index (χ1n) is 10.7. The Labute approximate surface area is 171 Å². The van der Waals surface area contributed by atoms with E-state index >= 15 is 0 Å². The Morgan fingerprint density at radius 3 is 1.90 bits per heavy atom. The normalized spacial score (nSPS) is 20.5. The fraction of sp³-hybridized carbons (Fsp3) is 0.500. The van der Waals surface area contributed by atoms with E-state index in [0.29, 0.717) is 12.0 Å². The van der Waals surface area contributed by atoms with Crippen LogP contribution in [0.4, 0.5) is 13.2 Å². The summed E-state index contributed by atoms with van der Waals surface area (Å²) < 4.78 is 38.4. The van der Waals surface area contributed by atoms with Gasteiger partial charge in [-0.25, -0.2) is 0 Å². The number of nitrogens with zero attached hydrogens (tertiary/aromatic N) is 1. The molecule has 1 atom stereocenters. The van der Waals surface area contributed by atoms with Crippen molar-refractivity contribution in [2.24, 2.45) is 5.92 Å². The van der Waals surface area contributed by atoms with Crippen molar-refractivity contribution in [2.75, 3.05) is 26.2 Å². The van der Waals surface area contributed by atoms with Crippen LogP contribution < -0.4 is 5.32 Å². The fourth-order valence-corrected chi connectivity index (χ4v) is 4.92. The number of rotatable bonds is 4. The summed E-state index contributed by atoms with van der Waals surface area (Å²) >= 11 is 0. The largest absolute Gasteiger partial charge is 0.416 e. The Balaban J connectivity index is 1.56. The first-order chi connectivity index (χ1) is 14.0. The van der Waals surface area contributed by atoms with E-state index in [1.807, 2.05) is 0 Å². The van der Waals surface area contributed by atoms with E-state index in [-0.39, 0.29) is 0 Å². The number of nitrogens with one attached hydrogen (secondary N) is 1. The number of hydrogen-bond donors (Lipinski definition) is 1. The zero-order valence-corrected chi connectivity index (χ0v) is 16.7. The predicted octanol–water partition coefficient (Wildman–Crippen LogP) is 5.90. The number of hydrogen-bond acceptors (Lipinski definition) is 2. The van der Waals surface area contributed by atoms with Crippen LogP contribution in [0, 0.1) is 5.92 Å². The lowest BCUT2D eigenvalue weighted by molar-refractivity contribution is -0.137. The van der Waals surface area contributed by atoms with Crippen molar-refractivity contribution in [1.82, 2.24) is 10.2 Å². The molecule has 156 valence electrons. The van der Waals surface area contributed by atoms with Gasteiger partial charge >= 0.3 is 6.18 Å². The number of piperazine rings is 1. The molecule has 2 nitrogen and oxygen atoms in total. The Kier molecular flexibility index (Phi) is 6.26. The van der Waals surface area contributed by atoms with E-state index in [1.54, 1.807) is 12.1 Å². The summed E-state index contributed by atoms with van der Waals surface area (Å²) in [6, 6.07) is 14.4. The Morgan fingerprint density at radius 2 is 1.34 bits per heavy atom. The maximum absolute atomic E-state index is 12.8. The quantitative estimate of drug-likeness (QED) is 0.685. The van der Waals surface area contributed by atoms with Crippen LogP contribution in [0.1, 0.15) is 49.3 Å². The van der Waals surface area contributed by atoms with E-state index in [9.17, 15) is 13.2 Å². The van der Waals surface area contributed by atoms with Crippen LogP contribution in [0.25, 0.3) is 11.1 Å². The highest BCUT2D eigenvalue weighted by atomic mass is 19.4. The minimum Gasteiger partial charge on any atom is -0.314 e. The van der Waals surface area contributed by atoms with Crippen LogP contribution in [0.5, 0.6) is 0 Å². The predicted molar refractivity (Wildman–Crippen MR) is 111 cm³/mol. The van der Waals surface area contributed by atoms with Gasteiger partial charge in [0.25, 0.3) is 0 Å². The summed E-state index contributed by atoms with van der Waals surface area (Å²) in [6.07, 6.45) is 2.26. The van der Waals surface area contributed by atoms with Crippen molar-refractivity contribution in [1.29, 1.82) is 0 Å². The Hall–Kier alpha value is -1.85. The first kappa shape index (κ1) is 20.4. The monoisotopic (exact) mass is 402 g/mol. The molecule has 0 radical (unpaired) electrons. The second kappa shape index (κ2) is 8.88. The standard InChI is InChI=1S/C24H29F3N2/c25-24(26,27)22-12-10-19(11-13-22)18-6-8-21(9-7-18)23(20-4-2-1-3-5-20)29-16-14-28-15-17-29/h6-13,20,23,28H,1-5,14-17H2/t23-/m0/s1. The molecule has 2 aliphatic rings. The summed E-state index contributed by atoms with van der Waals surface area (Å²) in [5.74, 6) is 0.693. The van der Waals surface area contributed by atoms with E-state index in [4.69, 9.17) is 0 Å². The first-order valence-corrected chi connectivity index (χ1v) is 10.7. The minimum atomic E-state index is -4.29. The highest BCUT2D eigenvalue weighted by molar-refractivity contribution is 5.64. The van der Waals surface area contributed by atoms with Gasteiger partial charge in [-0.15, -0.1) is 0 Å². The number of halogens is 3. The van der Waals surface area contributed by atoms with Gasteiger partial charge in [0.15, 0.2) is 0 Å². The van der Waals surface area contributed by atoms with Crippen molar-refractivity contribution < 1.29 is 13.2 Å². The van der Waals surface area contributed by atoms with Crippen LogP contribution >= 0.6 is 0 Å². The molecule has 4 rings (SSSR count). The van der Waals surface area contributed by atoms with Gasteiger partial charge in [0.2, 0.25) is 0 Å². The molecule has 0 bridgehead atoms. The van der Waals surface area contributed by atoms with Gasteiger partial charge in [-0.1, -0.05) is 55.7 Å². The smallest absolute Gasteiger partial charge is 0.314 e. The van der Waals surface area contributed by atoms with Crippen molar-refractivity contribution >= 4 is 0 Å². The molecule has 0 spiro atoms. The lowest BCUT2D eigenvalue weighted by Gasteiger charge is -2.41. The van der Waals surface area contributed by atoms with Crippen molar-refractivity contribution in [3.05, 3.63) is 59.7 Å². The molecule has 1 aliphatic heterocycles. The van der Waals surface area contributed by atoms with Crippen LogP contribution in [-0.4, -0.2) is 31.1 Å². The van der Waals surface area contributed by atoms with E-state index < -0.39 is 11.7 Å². The zero-order chi connectivity index (χ0) is 20.3. The van der Waals surface area contributed by atoms with Gasteiger partial charge in [0.1, 0.15) is 0 Å². The summed E-state index contributed by atoms with van der Waals surface area (Å²) in [4.78, 5) is 2.62. The molecular formula is C24H29F3N2. The average Bonchev–Trinajstić information content (AvgIpc) is 2.76. The molecule has 1 saturated heterocycles. The van der Waals surface area contributed by atoms with Gasteiger partial charge in [0, 0.05) is 32.2 Å². The van der Waals surface area contributed by atoms with E-state index in [2.05, 4.69) is 34.5 Å². The third-order valence-corrected chi connectivity index (χ3v) is 6.44. The molecule has 0 unspecified atom stereocenters. The molecule has 1 saturated carbocycles.